The summed E-state index contributed by atoms with van der Waals surface area (Å²) in [6.45, 7) is 3.48. The van der Waals surface area contributed by atoms with Crippen molar-refractivity contribution >= 4 is 5.91 Å². The van der Waals surface area contributed by atoms with E-state index in [1.165, 1.54) is 0 Å². The second-order valence-electron chi connectivity index (χ2n) is 5.25. The van der Waals surface area contributed by atoms with Gasteiger partial charge in [-0.1, -0.05) is 0 Å². The van der Waals surface area contributed by atoms with Gasteiger partial charge in [-0.15, -0.1) is 0 Å². The van der Waals surface area contributed by atoms with Crippen molar-refractivity contribution in [3.05, 3.63) is 24.3 Å². The molecule has 5 nitrogen and oxygen atoms in total. The molecule has 0 aromatic heterocycles. The van der Waals surface area contributed by atoms with E-state index in [-0.39, 0.29) is 11.8 Å². The lowest BCUT2D eigenvalue weighted by atomic mass is 9.96. The number of rotatable bonds is 6. The predicted molar refractivity (Wildman–Crippen MR) is 81.7 cm³/mol. The van der Waals surface area contributed by atoms with Crippen LogP contribution in [0.4, 0.5) is 0 Å². The first-order valence-corrected chi connectivity index (χ1v) is 7.43. The maximum atomic E-state index is 11.6. The van der Waals surface area contributed by atoms with Crippen molar-refractivity contribution < 1.29 is 14.3 Å². The van der Waals surface area contributed by atoms with Gasteiger partial charge in [0.2, 0.25) is 5.91 Å². The molecule has 0 bridgehead atoms. The maximum Gasteiger partial charge on any atom is 0.222 e. The molecular formula is C16H24N2O3. The summed E-state index contributed by atoms with van der Waals surface area (Å²) in [7, 11) is 3.36. The zero-order valence-corrected chi connectivity index (χ0v) is 12.8. The normalized spacial score (nSPS) is 16.5. The molecule has 1 fully saturated rings. The largest absolute Gasteiger partial charge is 0.497 e. The Labute approximate surface area is 126 Å². The molecule has 5 heteroatoms. The molecule has 1 aromatic rings. The summed E-state index contributed by atoms with van der Waals surface area (Å²) in [4.78, 5) is 13.9. The number of likely N-dealkylation sites (tertiary alicyclic amines) is 1. The van der Waals surface area contributed by atoms with Crippen molar-refractivity contribution in [1.82, 2.24) is 10.2 Å². The molecule has 0 atom stereocenters. The van der Waals surface area contributed by atoms with Gasteiger partial charge in [-0.25, -0.2) is 0 Å². The lowest BCUT2D eigenvalue weighted by molar-refractivity contribution is -0.125. The van der Waals surface area contributed by atoms with Crippen LogP contribution >= 0.6 is 0 Å². The zero-order chi connectivity index (χ0) is 15.1. The Bertz CT molecular complexity index is 439. The number of nitrogens with zero attached hydrogens (tertiary/aromatic N) is 1. The monoisotopic (exact) mass is 292 g/mol. The van der Waals surface area contributed by atoms with E-state index in [4.69, 9.17) is 9.47 Å². The lowest BCUT2D eigenvalue weighted by Crippen LogP contribution is -2.41. The van der Waals surface area contributed by atoms with Crippen LogP contribution in [-0.4, -0.2) is 51.2 Å². The number of hydrogen-bond acceptors (Lipinski definition) is 4. The van der Waals surface area contributed by atoms with Crippen molar-refractivity contribution in [3.63, 3.8) is 0 Å². The van der Waals surface area contributed by atoms with Gasteiger partial charge in [-0.05, 0) is 50.2 Å². The highest BCUT2D eigenvalue weighted by Gasteiger charge is 2.23. The van der Waals surface area contributed by atoms with Gasteiger partial charge in [0.05, 0.1) is 7.11 Å². The Morgan fingerprint density at radius 3 is 2.43 bits per heavy atom. The van der Waals surface area contributed by atoms with Gasteiger partial charge in [0.1, 0.15) is 18.1 Å². The third-order valence-corrected chi connectivity index (χ3v) is 3.94. The lowest BCUT2D eigenvalue weighted by Gasteiger charge is -2.30. The van der Waals surface area contributed by atoms with Crippen LogP contribution in [0.15, 0.2) is 24.3 Å². The number of carbonyl (C=O) groups is 1. The Balaban J connectivity index is 1.66. The molecule has 1 heterocycles. The number of methoxy groups -OCH3 is 1. The van der Waals surface area contributed by atoms with Crippen LogP contribution in [0.1, 0.15) is 12.8 Å². The summed E-state index contributed by atoms with van der Waals surface area (Å²) in [6, 6.07) is 7.61. The highest BCUT2D eigenvalue weighted by Crippen LogP contribution is 2.18. The average molecular weight is 292 g/mol. The molecule has 0 saturated carbocycles. The van der Waals surface area contributed by atoms with Crippen molar-refractivity contribution in [3.8, 4) is 11.5 Å². The van der Waals surface area contributed by atoms with Crippen LogP contribution in [-0.2, 0) is 4.79 Å². The number of benzene rings is 1. The molecule has 0 radical (unpaired) electrons. The van der Waals surface area contributed by atoms with E-state index in [2.05, 4.69) is 10.2 Å². The molecule has 21 heavy (non-hydrogen) atoms. The average Bonchev–Trinajstić information content (AvgIpc) is 2.55. The van der Waals surface area contributed by atoms with Crippen molar-refractivity contribution in [2.75, 3.05) is 40.4 Å². The number of hydrogen-bond donors (Lipinski definition) is 1. The van der Waals surface area contributed by atoms with Gasteiger partial charge in [0.25, 0.3) is 0 Å². The number of carbonyl (C=O) groups excluding carboxylic acids is 1. The minimum Gasteiger partial charge on any atom is -0.497 e. The topological polar surface area (TPSA) is 50.8 Å². The molecule has 1 amide bonds. The molecule has 0 unspecified atom stereocenters. The fraction of sp³-hybridized carbons (Fsp3) is 0.562. The molecule has 0 aliphatic carbocycles. The van der Waals surface area contributed by atoms with Gasteiger partial charge in [-0.3, -0.25) is 9.69 Å². The van der Waals surface area contributed by atoms with Crippen molar-refractivity contribution in [2.45, 2.75) is 12.8 Å². The Morgan fingerprint density at radius 1 is 1.24 bits per heavy atom. The van der Waals surface area contributed by atoms with Gasteiger partial charge >= 0.3 is 0 Å². The first-order chi connectivity index (χ1) is 10.2. The quantitative estimate of drug-likeness (QED) is 0.864. The molecule has 1 aliphatic rings. The van der Waals surface area contributed by atoms with E-state index < -0.39 is 0 Å². The molecule has 1 aromatic carbocycles. The Hall–Kier alpha value is -1.75. The van der Waals surface area contributed by atoms with Crippen LogP contribution in [0.5, 0.6) is 11.5 Å². The van der Waals surface area contributed by atoms with Gasteiger partial charge in [0.15, 0.2) is 0 Å². The minimum absolute atomic E-state index is 0.170. The number of amides is 1. The van der Waals surface area contributed by atoms with E-state index in [1.54, 1.807) is 14.2 Å². The third kappa shape index (κ3) is 4.63. The summed E-state index contributed by atoms with van der Waals surface area (Å²) in [5, 5.41) is 2.73. The van der Waals surface area contributed by atoms with E-state index in [0.717, 1.165) is 44.0 Å². The first kappa shape index (κ1) is 15.6. The minimum atomic E-state index is 0.170. The second kappa shape index (κ2) is 7.88. The van der Waals surface area contributed by atoms with E-state index in [0.29, 0.717) is 6.61 Å². The predicted octanol–water partition coefficient (Wildman–Crippen LogP) is 1.53. The highest BCUT2D eigenvalue weighted by atomic mass is 16.5. The third-order valence-electron chi connectivity index (χ3n) is 3.94. The fourth-order valence-electron chi connectivity index (χ4n) is 2.59. The van der Waals surface area contributed by atoms with Crippen LogP contribution in [0.2, 0.25) is 0 Å². The van der Waals surface area contributed by atoms with Crippen LogP contribution in [0.3, 0.4) is 0 Å². The summed E-state index contributed by atoms with van der Waals surface area (Å²) >= 11 is 0. The summed E-state index contributed by atoms with van der Waals surface area (Å²) in [5.41, 5.74) is 0. The van der Waals surface area contributed by atoms with Crippen LogP contribution in [0.25, 0.3) is 0 Å². The molecule has 116 valence electrons. The zero-order valence-electron chi connectivity index (χ0n) is 12.8. The van der Waals surface area contributed by atoms with Gasteiger partial charge < -0.3 is 14.8 Å². The Kier molecular flexibility index (Phi) is 5.87. The molecule has 1 N–H and O–H groups in total. The smallest absolute Gasteiger partial charge is 0.222 e. The van der Waals surface area contributed by atoms with E-state index >= 15 is 0 Å². The van der Waals surface area contributed by atoms with Gasteiger partial charge in [-0.2, -0.15) is 0 Å². The Morgan fingerprint density at radius 2 is 1.86 bits per heavy atom. The summed E-state index contributed by atoms with van der Waals surface area (Å²) in [5.74, 6) is 2.03. The highest BCUT2D eigenvalue weighted by molar-refractivity contribution is 5.78. The molecule has 1 aliphatic heterocycles. The SMILES string of the molecule is CNC(=O)C1CCN(CCOc2ccc(OC)cc2)CC1. The standard InChI is InChI=1S/C16H24N2O3/c1-17-16(19)13-7-9-18(10-8-13)11-12-21-15-5-3-14(20-2)4-6-15/h3-6,13H,7-12H2,1-2H3,(H,17,19). The van der Waals surface area contributed by atoms with Crippen LogP contribution < -0.4 is 14.8 Å². The van der Waals surface area contributed by atoms with E-state index in [9.17, 15) is 4.79 Å². The van der Waals surface area contributed by atoms with Crippen LogP contribution in [0, 0.1) is 5.92 Å². The van der Waals surface area contributed by atoms with Crippen molar-refractivity contribution in [2.24, 2.45) is 5.92 Å². The molecule has 2 rings (SSSR count). The number of nitrogens with one attached hydrogen (secondary N) is 1. The number of piperidine rings is 1. The molecule has 0 spiro atoms. The second-order valence-corrected chi connectivity index (χ2v) is 5.25. The van der Waals surface area contributed by atoms with Gasteiger partial charge in [0, 0.05) is 19.5 Å². The van der Waals surface area contributed by atoms with E-state index in [1.807, 2.05) is 24.3 Å². The summed E-state index contributed by atoms with van der Waals surface area (Å²) in [6.07, 6.45) is 1.87. The fourth-order valence-corrected chi connectivity index (χ4v) is 2.59. The summed E-state index contributed by atoms with van der Waals surface area (Å²) < 4.78 is 10.8. The van der Waals surface area contributed by atoms with Crippen molar-refractivity contribution in [1.29, 1.82) is 0 Å². The number of ether oxygens (including phenoxy) is 2. The molecular weight excluding hydrogens is 268 g/mol. The first-order valence-electron chi connectivity index (χ1n) is 7.43. The molecule has 1 saturated heterocycles. The maximum absolute atomic E-state index is 11.6.